The Hall–Kier alpha value is -0.860. The maximum Gasteiger partial charge on any atom is 0.0329 e. The third kappa shape index (κ3) is 3.56. The van der Waals surface area contributed by atoms with Gasteiger partial charge < -0.3 is 10.2 Å². The van der Waals surface area contributed by atoms with Gasteiger partial charge in [-0.1, -0.05) is 44.2 Å². The molecule has 1 saturated heterocycles. The van der Waals surface area contributed by atoms with Crippen LogP contribution in [0.4, 0.5) is 0 Å². The lowest BCUT2D eigenvalue weighted by Crippen LogP contribution is -2.28. The molecule has 1 fully saturated rings. The number of hydrogen-bond donors (Lipinski definition) is 1. The van der Waals surface area contributed by atoms with E-state index in [1.54, 1.807) is 0 Å². The van der Waals surface area contributed by atoms with Crippen LogP contribution in [0.1, 0.15) is 38.3 Å². The molecule has 0 bridgehead atoms. The van der Waals surface area contributed by atoms with Crippen LogP contribution in [0.2, 0.25) is 0 Å². The van der Waals surface area contributed by atoms with Crippen LogP contribution < -0.4 is 5.32 Å². The minimum atomic E-state index is 0.481. The van der Waals surface area contributed by atoms with E-state index in [2.05, 4.69) is 61.4 Å². The molecule has 0 saturated carbocycles. The lowest BCUT2D eigenvalue weighted by atomic mass is 9.93. The standard InChI is InChI=1S/C16H26N2/c1-16(2)10-12-18(13-16)11-9-15(17-3)14-7-5-4-6-8-14/h4-8,15,17H,9-13H2,1-3H3. The Morgan fingerprint density at radius 1 is 1.28 bits per heavy atom. The van der Waals surface area contributed by atoms with Gasteiger partial charge in [-0.05, 0) is 44.0 Å². The highest BCUT2D eigenvalue weighted by atomic mass is 15.2. The zero-order valence-electron chi connectivity index (χ0n) is 11.9. The summed E-state index contributed by atoms with van der Waals surface area (Å²) in [4.78, 5) is 2.60. The molecule has 0 spiro atoms. The van der Waals surface area contributed by atoms with Gasteiger partial charge in [-0.25, -0.2) is 0 Å². The molecular weight excluding hydrogens is 220 g/mol. The Morgan fingerprint density at radius 2 is 2.00 bits per heavy atom. The minimum absolute atomic E-state index is 0.481. The maximum absolute atomic E-state index is 3.44. The Morgan fingerprint density at radius 3 is 2.56 bits per heavy atom. The molecule has 0 amide bonds. The number of nitrogens with one attached hydrogen (secondary N) is 1. The average molecular weight is 246 g/mol. The van der Waals surface area contributed by atoms with Gasteiger partial charge in [-0.2, -0.15) is 0 Å². The Labute approximate surface area is 111 Å². The summed E-state index contributed by atoms with van der Waals surface area (Å²) >= 11 is 0. The van der Waals surface area contributed by atoms with Gasteiger partial charge in [0.05, 0.1) is 0 Å². The Bertz CT molecular complexity index is 359. The lowest BCUT2D eigenvalue weighted by Gasteiger charge is -2.23. The second kappa shape index (κ2) is 5.85. The summed E-state index contributed by atoms with van der Waals surface area (Å²) < 4.78 is 0. The highest BCUT2D eigenvalue weighted by molar-refractivity contribution is 5.18. The quantitative estimate of drug-likeness (QED) is 0.859. The summed E-state index contributed by atoms with van der Waals surface area (Å²) in [5.74, 6) is 0. The highest BCUT2D eigenvalue weighted by Gasteiger charge is 2.28. The van der Waals surface area contributed by atoms with E-state index in [0.717, 1.165) is 0 Å². The third-order valence-corrected chi connectivity index (χ3v) is 4.04. The fraction of sp³-hybridized carbons (Fsp3) is 0.625. The molecule has 100 valence electrons. The number of hydrogen-bond acceptors (Lipinski definition) is 2. The van der Waals surface area contributed by atoms with E-state index in [9.17, 15) is 0 Å². The molecule has 18 heavy (non-hydrogen) atoms. The fourth-order valence-electron chi connectivity index (χ4n) is 2.89. The summed E-state index contributed by atoms with van der Waals surface area (Å²) in [5, 5.41) is 3.44. The van der Waals surface area contributed by atoms with E-state index in [1.807, 2.05) is 0 Å². The number of nitrogens with zero attached hydrogens (tertiary/aromatic N) is 1. The van der Waals surface area contributed by atoms with Crippen molar-refractivity contribution in [2.45, 2.75) is 32.7 Å². The summed E-state index contributed by atoms with van der Waals surface area (Å²) in [5.41, 5.74) is 1.92. The van der Waals surface area contributed by atoms with Gasteiger partial charge in [0.25, 0.3) is 0 Å². The van der Waals surface area contributed by atoms with Crippen molar-refractivity contribution < 1.29 is 0 Å². The average Bonchev–Trinajstić information content (AvgIpc) is 2.71. The normalized spacial score (nSPS) is 21.1. The molecule has 1 heterocycles. The van der Waals surface area contributed by atoms with Crippen molar-refractivity contribution in [2.75, 3.05) is 26.7 Å². The van der Waals surface area contributed by atoms with Crippen LogP contribution in [0.5, 0.6) is 0 Å². The van der Waals surface area contributed by atoms with Crippen molar-refractivity contribution in [2.24, 2.45) is 5.41 Å². The molecule has 2 rings (SSSR count). The predicted molar refractivity (Wildman–Crippen MR) is 77.7 cm³/mol. The monoisotopic (exact) mass is 246 g/mol. The third-order valence-electron chi connectivity index (χ3n) is 4.04. The lowest BCUT2D eigenvalue weighted by molar-refractivity contribution is 0.276. The topological polar surface area (TPSA) is 15.3 Å². The first-order valence-electron chi connectivity index (χ1n) is 7.05. The minimum Gasteiger partial charge on any atom is -0.313 e. The van der Waals surface area contributed by atoms with Crippen molar-refractivity contribution in [3.63, 3.8) is 0 Å². The van der Waals surface area contributed by atoms with Gasteiger partial charge >= 0.3 is 0 Å². The van der Waals surface area contributed by atoms with Crippen molar-refractivity contribution in [3.8, 4) is 0 Å². The summed E-state index contributed by atoms with van der Waals surface area (Å²) in [6.45, 7) is 8.46. The Balaban J connectivity index is 1.85. The predicted octanol–water partition coefficient (Wildman–Crippen LogP) is 3.07. The summed E-state index contributed by atoms with van der Waals surface area (Å²) in [6, 6.07) is 11.2. The zero-order valence-corrected chi connectivity index (χ0v) is 11.9. The van der Waals surface area contributed by atoms with Gasteiger partial charge in [-0.15, -0.1) is 0 Å². The molecular formula is C16H26N2. The molecule has 0 aromatic heterocycles. The van der Waals surface area contributed by atoms with Gasteiger partial charge in [0.15, 0.2) is 0 Å². The second-order valence-corrected chi connectivity index (χ2v) is 6.23. The number of likely N-dealkylation sites (tertiary alicyclic amines) is 1. The van der Waals surface area contributed by atoms with E-state index in [4.69, 9.17) is 0 Å². The molecule has 0 aliphatic carbocycles. The first kappa shape index (κ1) is 13.6. The van der Waals surface area contributed by atoms with Crippen molar-refractivity contribution >= 4 is 0 Å². The maximum atomic E-state index is 3.44. The van der Waals surface area contributed by atoms with Crippen molar-refractivity contribution in [1.29, 1.82) is 0 Å². The van der Waals surface area contributed by atoms with Crippen LogP contribution in [-0.4, -0.2) is 31.6 Å². The van der Waals surface area contributed by atoms with Crippen molar-refractivity contribution in [1.82, 2.24) is 10.2 Å². The smallest absolute Gasteiger partial charge is 0.0329 e. The molecule has 0 radical (unpaired) electrons. The van der Waals surface area contributed by atoms with Gasteiger partial charge in [-0.3, -0.25) is 0 Å². The molecule has 1 aliphatic heterocycles. The largest absolute Gasteiger partial charge is 0.313 e. The molecule has 1 atom stereocenters. The van der Waals surface area contributed by atoms with Crippen LogP contribution in [0.15, 0.2) is 30.3 Å². The summed E-state index contributed by atoms with van der Waals surface area (Å²) in [7, 11) is 2.06. The Kier molecular flexibility index (Phi) is 4.41. The number of benzene rings is 1. The second-order valence-electron chi connectivity index (χ2n) is 6.23. The highest BCUT2D eigenvalue weighted by Crippen LogP contribution is 2.29. The van der Waals surface area contributed by atoms with Crippen molar-refractivity contribution in [3.05, 3.63) is 35.9 Å². The van der Waals surface area contributed by atoms with Gasteiger partial charge in [0.2, 0.25) is 0 Å². The first-order chi connectivity index (χ1) is 8.61. The molecule has 2 nitrogen and oxygen atoms in total. The van der Waals surface area contributed by atoms with Gasteiger partial charge in [0.1, 0.15) is 0 Å². The van der Waals surface area contributed by atoms with E-state index >= 15 is 0 Å². The number of rotatable bonds is 5. The van der Waals surface area contributed by atoms with Crippen LogP contribution in [0.3, 0.4) is 0 Å². The molecule has 1 unspecified atom stereocenters. The molecule has 1 N–H and O–H groups in total. The van der Waals surface area contributed by atoms with Crippen LogP contribution in [-0.2, 0) is 0 Å². The van der Waals surface area contributed by atoms with Crippen LogP contribution in [0, 0.1) is 5.41 Å². The van der Waals surface area contributed by atoms with Crippen LogP contribution in [0.25, 0.3) is 0 Å². The SMILES string of the molecule is CNC(CCN1CCC(C)(C)C1)c1ccccc1. The summed E-state index contributed by atoms with van der Waals surface area (Å²) in [6.07, 6.45) is 2.53. The first-order valence-corrected chi connectivity index (χ1v) is 7.05. The molecule has 2 heteroatoms. The van der Waals surface area contributed by atoms with E-state index < -0.39 is 0 Å². The molecule has 1 aromatic carbocycles. The molecule has 1 aliphatic rings. The molecule has 1 aromatic rings. The fourth-order valence-corrected chi connectivity index (χ4v) is 2.89. The van der Waals surface area contributed by atoms with E-state index in [0.29, 0.717) is 11.5 Å². The van der Waals surface area contributed by atoms with Gasteiger partial charge in [0, 0.05) is 12.6 Å². The van der Waals surface area contributed by atoms with Crippen LogP contribution >= 0.6 is 0 Å². The van der Waals surface area contributed by atoms with E-state index in [-0.39, 0.29) is 0 Å². The zero-order chi connectivity index (χ0) is 13.0. The van der Waals surface area contributed by atoms with E-state index in [1.165, 1.54) is 38.0 Å².